The Morgan fingerprint density at radius 1 is 1.31 bits per heavy atom. The van der Waals surface area contributed by atoms with Crippen molar-refractivity contribution in [2.24, 2.45) is 16.5 Å². The molecule has 0 saturated heterocycles. The van der Waals surface area contributed by atoms with Gasteiger partial charge in [0, 0.05) is 41.2 Å². The number of carbonyl (C=O) groups excluding carboxylic acids is 1. The first-order valence-electron chi connectivity index (χ1n) is 9.13. The highest BCUT2D eigenvalue weighted by Gasteiger charge is 2.11. The largest absolute Gasteiger partial charge is 0.388 e. The van der Waals surface area contributed by atoms with Gasteiger partial charge in [0.05, 0.1) is 11.9 Å². The normalized spacial score (nSPS) is 11.5. The van der Waals surface area contributed by atoms with Crippen molar-refractivity contribution in [2.75, 3.05) is 21.3 Å². The fourth-order valence-electron chi connectivity index (χ4n) is 2.45. The number of hydrogen-bond donors (Lipinski definition) is 4. The van der Waals surface area contributed by atoms with Gasteiger partial charge in [0.1, 0.15) is 17.2 Å². The minimum atomic E-state index is -0.660. The number of carbonyl (C=O) groups is 1. The summed E-state index contributed by atoms with van der Waals surface area (Å²) in [6, 6.07) is 5.59. The molecule has 1 amide bonds. The number of aromatic amines is 1. The van der Waals surface area contributed by atoms with Crippen LogP contribution in [0.25, 0.3) is 11.5 Å². The summed E-state index contributed by atoms with van der Waals surface area (Å²) in [5.74, 6) is -1.17. The van der Waals surface area contributed by atoms with E-state index in [1.54, 1.807) is 21.3 Å². The zero-order valence-electron chi connectivity index (χ0n) is 17.7. The van der Waals surface area contributed by atoms with E-state index in [9.17, 15) is 14.0 Å². The molecule has 170 valence electrons. The summed E-state index contributed by atoms with van der Waals surface area (Å²) in [6.45, 7) is 0. The Morgan fingerprint density at radius 2 is 2.03 bits per heavy atom. The van der Waals surface area contributed by atoms with Gasteiger partial charge in [-0.15, -0.1) is 0 Å². The Hall–Kier alpha value is -4.32. The molecule has 0 radical (unpaired) electrons. The van der Waals surface area contributed by atoms with Crippen molar-refractivity contribution in [3.63, 3.8) is 0 Å². The molecule has 0 aromatic carbocycles. The highest BCUT2D eigenvalue weighted by atomic mass is 19.1. The number of nitrogens with two attached hydrogens (primary N) is 2. The number of ether oxygens (including phenoxy) is 1. The van der Waals surface area contributed by atoms with E-state index in [2.05, 4.69) is 30.0 Å². The summed E-state index contributed by atoms with van der Waals surface area (Å²) in [4.78, 5) is 38.6. The predicted molar refractivity (Wildman–Crippen MR) is 120 cm³/mol. The molecule has 3 aromatic heterocycles. The number of hydrogen-bond acceptors (Lipinski definition) is 7. The summed E-state index contributed by atoms with van der Waals surface area (Å²) in [6.07, 6.45) is 5.46. The number of rotatable bonds is 6. The van der Waals surface area contributed by atoms with Gasteiger partial charge in [0.25, 0.3) is 11.5 Å². The van der Waals surface area contributed by atoms with Crippen LogP contribution in [0.3, 0.4) is 0 Å². The monoisotopic (exact) mass is 444 g/mol. The molecule has 3 rings (SSSR count). The van der Waals surface area contributed by atoms with Gasteiger partial charge in [0.15, 0.2) is 17.5 Å². The first kappa shape index (κ1) is 24.0. The Kier molecular flexibility index (Phi) is 8.36. The summed E-state index contributed by atoms with van der Waals surface area (Å²) in [5.41, 5.74) is 11.1. The molecule has 0 aliphatic heterocycles. The van der Waals surface area contributed by atoms with Crippen LogP contribution in [0.1, 0.15) is 17.7 Å². The van der Waals surface area contributed by atoms with E-state index in [0.29, 0.717) is 11.5 Å². The first-order valence-corrected chi connectivity index (χ1v) is 9.13. The van der Waals surface area contributed by atoms with Crippen LogP contribution in [-0.4, -0.2) is 52.5 Å². The lowest BCUT2D eigenvalue weighted by atomic mass is 10.3. The van der Waals surface area contributed by atoms with Gasteiger partial charge >= 0.3 is 0 Å². The van der Waals surface area contributed by atoms with Gasteiger partial charge in [0.2, 0.25) is 0 Å². The van der Waals surface area contributed by atoms with Gasteiger partial charge in [-0.1, -0.05) is 0 Å². The van der Waals surface area contributed by atoms with Gasteiger partial charge in [-0.2, -0.15) is 0 Å². The standard InChI is InChI=1S/C18H17FN8O2.C2H6O.H2/c1-22-12(16-24-9-13(26-16)15(21)28)8-14(20)25-11-5-3-7-27(18(11)29)17-10(19)4-2-6-23-17;1-3-2;/h2-9,22H,1H3,(H2,20,25)(H2,21,28)(H,24,26);1-2H3;1H/b12-8+;;. The molecule has 0 saturated carbocycles. The van der Waals surface area contributed by atoms with Crippen molar-refractivity contribution in [3.8, 4) is 5.82 Å². The van der Waals surface area contributed by atoms with Gasteiger partial charge in [-0.25, -0.2) is 19.4 Å². The Morgan fingerprint density at radius 3 is 2.62 bits per heavy atom. The number of nitrogens with zero attached hydrogens (tertiary/aromatic N) is 4. The third-order valence-corrected chi connectivity index (χ3v) is 3.80. The summed E-state index contributed by atoms with van der Waals surface area (Å²) in [5, 5.41) is 2.86. The summed E-state index contributed by atoms with van der Waals surface area (Å²) < 4.78 is 19.3. The maximum Gasteiger partial charge on any atom is 0.282 e. The SMILES string of the molecule is CN/C(=C/C(N)=Nc1cccn(-c2ncccc2F)c1=O)c1ncc(C(N)=O)[nH]1.COC.[HH]. The number of H-pyrrole nitrogens is 1. The third-order valence-electron chi connectivity index (χ3n) is 3.80. The number of aliphatic imine (C=N–C) groups is 1. The lowest BCUT2D eigenvalue weighted by Crippen LogP contribution is -2.20. The minimum Gasteiger partial charge on any atom is -0.388 e. The number of halogens is 1. The van der Waals surface area contributed by atoms with E-state index in [-0.39, 0.29) is 24.5 Å². The van der Waals surface area contributed by atoms with Crippen molar-refractivity contribution >= 4 is 23.1 Å². The summed E-state index contributed by atoms with van der Waals surface area (Å²) >= 11 is 0. The number of pyridine rings is 2. The zero-order valence-corrected chi connectivity index (χ0v) is 17.7. The smallest absolute Gasteiger partial charge is 0.282 e. The molecule has 3 heterocycles. The molecular formula is C20H25FN8O3. The molecule has 11 nitrogen and oxygen atoms in total. The second-order valence-corrected chi connectivity index (χ2v) is 6.14. The van der Waals surface area contributed by atoms with Crippen molar-refractivity contribution < 1.29 is 15.3 Å². The topological polar surface area (TPSA) is 166 Å². The molecule has 32 heavy (non-hydrogen) atoms. The van der Waals surface area contributed by atoms with Crippen molar-refractivity contribution in [2.45, 2.75) is 0 Å². The number of primary amides is 1. The first-order chi connectivity index (χ1) is 15.3. The molecule has 6 N–H and O–H groups in total. The van der Waals surface area contributed by atoms with Crippen LogP contribution in [0.15, 0.2) is 58.7 Å². The van der Waals surface area contributed by atoms with Crippen LogP contribution >= 0.6 is 0 Å². The predicted octanol–water partition coefficient (Wildman–Crippen LogP) is 0.951. The number of amides is 1. The van der Waals surface area contributed by atoms with E-state index in [0.717, 1.165) is 4.57 Å². The quantitative estimate of drug-likeness (QED) is 0.324. The van der Waals surface area contributed by atoms with Gasteiger partial charge in [-0.05, 0) is 24.3 Å². The average Bonchev–Trinajstić information content (AvgIpc) is 3.25. The molecule has 0 atom stereocenters. The van der Waals surface area contributed by atoms with Crippen LogP contribution in [0.2, 0.25) is 0 Å². The Bertz CT molecular complexity index is 1210. The van der Waals surface area contributed by atoms with E-state index in [1.165, 1.54) is 48.9 Å². The van der Waals surface area contributed by atoms with E-state index < -0.39 is 17.3 Å². The lowest BCUT2D eigenvalue weighted by Gasteiger charge is -2.06. The van der Waals surface area contributed by atoms with Gasteiger partial charge < -0.3 is 26.5 Å². The van der Waals surface area contributed by atoms with Crippen LogP contribution in [-0.2, 0) is 4.74 Å². The van der Waals surface area contributed by atoms with Crippen LogP contribution in [0.4, 0.5) is 10.1 Å². The maximum absolute atomic E-state index is 14.0. The minimum absolute atomic E-state index is 0. The molecule has 0 aliphatic rings. The van der Waals surface area contributed by atoms with Crippen LogP contribution in [0.5, 0.6) is 0 Å². The van der Waals surface area contributed by atoms with E-state index >= 15 is 0 Å². The number of methoxy groups -OCH3 is 1. The van der Waals surface area contributed by atoms with Crippen molar-refractivity contribution in [1.29, 1.82) is 0 Å². The van der Waals surface area contributed by atoms with E-state index in [1.807, 2.05) is 0 Å². The van der Waals surface area contributed by atoms with Crippen LogP contribution < -0.4 is 22.3 Å². The maximum atomic E-state index is 14.0. The molecule has 0 bridgehead atoms. The molecule has 12 heteroatoms. The molecule has 0 aliphatic carbocycles. The number of aromatic nitrogens is 4. The second-order valence-electron chi connectivity index (χ2n) is 6.14. The lowest BCUT2D eigenvalue weighted by molar-refractivity contribution is 0.0996. The van der Waals surface area contributed by atoms with Gasteiger partial charge in [-0.3, -0.25) is 14.2 Å². The van der Waals surface area contributed by atoms with Crippen molar-refractivity contribution in [1.82, 2.24) is 24.8 Å². The molecule has 0 unspecified atom stereocenters. The molecule has 0 fully saturated rings. The number of amidine groups is 1. The fourth-order valence-corrected chi connectivity index (χ4v) is 2.45. The molecule has 3 aromatic rings. The Labute approximate surface area is 184 Å². The molecule has 0 spiro atoms. The third kappa shape index (κ3) is 5.86. The summed E-state index contributed by atoms with van der Waals surface area (Å²) in [7, 11) is 4.87. The second kappa shape index (κ2) is 11.2. The average molecular weight is 444 g/mol. The molecular weight excluding hydrogens is 419 g/mol. The van der Waals surface area contributed by atoms with E-state index in [4.69, 9.17) is 11.5 Å². The van der Waals surface area contributed by atoms with Crippen LogP contribution in [0, 0.1) is 5.82 Å². The highest BCUT2D eigenvalue weighted by Crippen LogP contribution is 2.12. The highest BCUT2D eigenvalue weighted by molar-refractivity contribution is 5.99. The number of imidazole rings is 1. The zero-order chi connectivity index (χ0) is 23.7. The Balaban J connectivity index is 0.00000129. The number of nitrogens with one attached hydrogen (secondary N) is 2. The van der Waals surface area contributed by atoms with Crippen molar-refractivity contribution in [3.05, 3.63) is 76.6 Å². The fraction of sp³-hybridized carbons (Fsp3) is 0.150.